The average Bonchev–Trinajstić information content (AvgIpc) is 3.17. The molecule has 2 heterocycles. The van der Waals surface area contributed by atoms with Crippen LogP contribution in [0.5, 0.6) is 0 Å². The fourth-order valence-electron chi connectivity index (χ4n) is 3.25. The SMILES string of the molecule is CC(=O)N1CCCc2cc(S(=O)(=O)N(CCC#N)Cc3ccco3)ccc21. The molecule has 1 aromatic carbocycles. The third-order valence-corrected chi connectivity index (χ3v) is 6.41. The smallest absolute Gasteiger partial charge is 0.243 e. The normalized spacial score (nSPS) is 14.0. The van der Waals surface area contributed by atoms with Gasteiger partial charge in [-0.1, -0.05) is 0 Å². The van der Waals surface area contributed by atoms with Gasteiger partial charge in [-0.15, -0.1) is 0 Å². The first-order valence-electron chi connectivity index (χ1n) is 8.74. The maximum atomic E-state index is 13.2. The van der Waals surface area contributed by atoms with Crippen molar-refractivity contribution in [2.75, 3.05) is 18.0 Å². The fraction of sp³-hybridized carbons (Fsp3) is 0.368. The van der Waals surface area contributed by atoms with Gasteiger partial charge >= 0.3 is 0 Å². The van der Waals surface area contributed by atoms with Crippen molar-refractivity contribution in [2.24, 2.45) is 0 Å². The Hall–Kier alpha value is -2.63. The quantitative estimate of drug-likeness (QED) is 0.759. The topological polar surface area (TPSA) is 94.6 Å². The number of nitriles is 1. The van der Waals surface area contributed by atoms with Gasteiger partial charge in [0.25, 0.3) is 0 Å². The van der Waals surface area contributed by atoms with Gasteiger partial charge in [-0.25, -0.2) is 8.42 Å². The Morgan fingerprint density at radius 2 is 2.19 bits per heavy atom. The third-order valence-electron chi connectivity index (χ3n) is 4.57. The molecule has 1 aromatic heterocycles. The lowest BCUT2D eigenvalue weighted by atomic mass is 10.0. The van der Waals surface area contributed by atoms with E-state index in [1.807, 2.05) is 6.07 Å². The van der Waals surface area contributed by atoms with Gasteiger partial charge in [0.05, 0.1) is 23.8 Å². The number of rotatable bonds is 6. The first kappa shape index (κ1) is 19.1. The minimum Gasteiger partial charge on any atom is -0.468 e. The Morgan fingerprint density at radius 3 is 2.85 bits per heavy atom. The van der Waals surface area contributed by atoms with Crippen molar-refractivity contribution in [1.29, 1.82) is 5.26 Å². The number of furan rings is 1. The summed E-state index contributed by atoms with van der Waals surface area (Å²) in [6, 6.07) is 10.2. The van der Waals surface area contributed by atoms with Crippen LogP contribution in [-0.2, 0) is 27.8 Å². The molecule has 1 amide bonds. The molecule has 3 rings (SSSR count). The van der Waals surface area contributed by atoms with Crippen LogP contribution < -0.4 is 4.90 Å². The summed E-state index contributed by atoms with van der Waals surface area (Å²) in [5, 5.41) is 8.88. The molecular weight excluding hydrogens is 366 g/mol. The maximum Gasteiger partial charge on any atom is 0.243 e. The number of hydrogen-bond donors (Lipinski definition) is 0. The molecule has 8 heteroatoms. The van der Waals surface area contributed by atoms with E-state index in [0.717, 1.165) is 24.1 Å². The standard InChI is InChI=1S/C19H21N3O4S/c1-15(23)22-11-2-5-16-13-18(7-8-19(16)22)27(24,25)21(10-4-9-20)14-17-6-3-12-26-17/h3,6-8,12-13H,2,4-5,10-11,14H2,1H3. The number of carbonyl (C=O) groups is 1. The van der Waals surface area contributed by atoms with Crippen molar-refractivity contribution in [3.63, 3.8) is 0 Å². The van der Waals surface area contributed by atoms with E-state index in [1.54, 1.807) is 29.2 Å². The van der Waals surface area contributed by atoms with E-state index >= 15 is 0 Å². The average molecular weight is 387 g/mol. The van der Waals surface area contributed by atoms with Crippen molar-refractivity contribution in [1.82, 2.24) is 4.31 Å². The monoisotopic (exact) mass is 387 g/mol. The number of nitrogens with zero attached hydrogens (tertiary/aromatic N) is 3. The lowest BCUT2D eigenvalue weighted by Gasteiger charge is -2.29. The summed E-state index contributed by atoms with van der Waals surface area (Å²) < 4.78 is 32.8. The van der Waals surface area contributed by atoms with Gasteiger partial charge < -0.3 is 9.32 Å². The van der Waals surface area contributed by atoms with Gasteiger partial charge in [0.15, 0.2) is 0 Å². The summed E-state index contributed by atoms with van der Waals surface area (Å²) in [6.45, 7) is 2.29. The third kappa shape index (κ3) is 4.04. The number of hydrogen-bond acceptors (Lipinski definition) is 5. The van der Waals surface area contributed by atoms with E-state index in [4.69, 9.17) is 9.68 Å². The number of carbonyl (C=O) groups excluding carboxylic acids is 1. The number of amides is 1. The molecule has 0 unspecified atom stereocenters. The summed E-state index contributed by atoms with van der Waals surface area (Å²) in [7, 11) is -3.80. The Balaban J connectivity index is 1.94. The molecule has 0 N–H and O–H groups in total. The van der Waals surface area contributed by atoms with E-state index in [0.29, 0.717) is 12.3 Å². The molecule has 0 fully saturated rings. The number of fused-ring (bicyclic) bond motifs is 1. The van der Waals surface area contributed by atoms with E-state index < -0.39 is 10.0 Å². The van der Waals surface area contributed by atoms with Gasteiger partial charge in [-0.2, -0.15) is 9.57 Å². The summed E-state index contributed by atoms with van der Waals surface area (Å²) in [6.07, 6.45) is 3.09. The fourth-order valence-corrected chi connectivity index (χ4v) is 4.70. The van der Waals surface area contributed by atoms with Crippen LogP contribution in [0.1, 0.15) is 31.1 Å². The van der Waals surface area contributed by atoms with E-state index in [9.17, 15) is 13.2 Å². The molecule has 0 radical (unpaired) electrons. The zero-order valence-corrected chi connectivity index (χ0v) is 15.9. The van der Waals surface area contributed by atoms with Crippen molar-refractivity contribution in [2.45, 2.75) is 37.6 Å². The molecule has 7 nitrogen and oxygen atoms in total. The molecule has 1 aliphatic rings. The summed E-state index contributed by atoms with van der Waals surface area (Å²) >= 11 is 0. The second-order valence-electron chi connectivity index (χ2n) is 6.39. The van der Waals surface area contributed by atoms with Crippen LogP contribution in [0.25, 0.3) is 0 Å². The lowest BCUT2D eigenvalue weighted by molar-refractivity contribution is -0.116. The molecule has 0 bridgehead atoms. The van der Waals surface area contributed by atoms with Gasteiger partial charge in [0, 0.05) is 32.1 Å². The molecule has 0 saturated heterocycles. The van der Waals surface area contributed by atoms with Crippen LogP contribution >= 0.6 is 0 Å². The second kappa shape index (κ2) is 7.94. The van der Waals surface area contributed by atoms with E-state index in [2.05, 4.69) is 0 Å². The molecular formula is C19H21N3O4S. The van der Waals surface area contributed by atoms with Crippen LogP contribution in [0.3, 0.4) is 0 Å². The molecule has 27 heavy (non-hydrogen) atoms. The molecule has 1 aliphatic heterocycles. The minimum absolute atomic E-state index is 0.0555. The van der Waals surface area contributed by atoms with Crippen LogP contribution in [0.2, 0.25) is 0 Å². The highest BCUT2D eigenvalue weighted by Crippen LogP contribution is 2.31. The van der Waals surface area contributed by atoms with Crippen molar-refractivity contribution in [3.05, 3.63) is 47.9 Å². The molecule has 0 saturated carbocycles. The number of benzene rings is 1. The molecule has 0 spiro atoms. The lowest BCUT2D eigenvalue weighted by Crippen LogP contribution is -2.34. The van der Waals surface area contributed by atoms with Gasteiger partial charge in [0.2, 0.25) is 15.9 Å². The zero-order chi connectivity index (χ0) is 19.4. The first-order chi connectivity index (χ1) is 12.9. The van der Waals surface area contributed by atoms with E-state index in [-0.39, 0.29) is 30.3 Å². The Bertz CT molecular complexity index is 961. The van der Waals surface area contributed by atoms with Crippen LogP contribution in [0.15, 0.2) is 45.9 Å². The van der Waals surface area contributed by atoms with Gasteiger partial charge in [0.1, 0.15) is 5.76 Å². The highest BCUT2D eigenvalue weighted by molar-refractivity contribution is 7.89. The van der Waals surface area contributed by atoms with Gasteiger partial charge in [-0.3, -0.25) is 4.79 Å². The molecule has 142 valence electrons. The Labute approximate surface area is 158 Å². The predicted octanol–water partition coefficient (Wildman–Crippen LogP) is 2.68. The summed E-state index contributed by atoms with van der Waals surface area (Å²) in [5.41, 5.74) is 1.61. The van der Waals surface area contributed by atoms with Gasteiger partial charge in [-0.05, 0) is 48.7 Å². The molecule has 0 aliphatic carbocycles. The molecule has 2 aromatic rings. The van der Waals surface area contributed by atoms with Crippen molar-refractivity contribution < 1.29 is 17.6 Å². The Morgan fingerprint density at radius 1 is 1.37 bits per heavy atom. The minimum atomic E-state index is -3.80. The summed E-state index contributed by atoms with van der Waals surface area (Å²) in [5.74, 6) is 0.456. The number of sulfonamides is 1. The van der Waals surface area contributed by atoms with E-state index in [1.165, 1.54) is 23.6 Å². The predicted molar refractivity (Wildman–Crippen MR) is 99.3 cm³/mol. The summed E-state index contributed by atoms with van der Waals surface area (Å²) in [4.78, 5) is 13.6. The van der Waals surface area contributed by atoms with Crippen LogP contribution in [0, 0.1) is 11.3 Å². The zero-order valence-electron chi connectivity index (χ0n) is 15.1. The Kier molecular flexibility index (Phi) is 5.63. The van der Waals surface area contributed by atoms with Crippen LogP contribution in [-0.4, -0.2) is 31.7 Å². The molecule has 0 atom stereocenters. The highest BCUT2D eigenvalue weighted by atomic mass is 32.2. The highest BCUT2D eigenvalue weighted by Gasteiger charge is 2.28. The number of aryl methyl sites for hydroxylation is 1. The second-order valence-corrected chi connectivity index (χ2v) is 8.33. The first-order valence-corrected chi connectivity index (χ1v) is 10.2. The van der Waals surface area contributed by atoms with Crippen LogP contribution in [0.4, 0.5) is 5.69 Å². The van der Waals surface area contributed by atoms with Crippen molar-refractivity contribution >= 4 is 21.6 Å². The largest absolute Gasteiger partial charge is 0.468 e. The number of anilines is 1. The van der Waals surface area contributed by atoms with Crippen molar-refractivity contribution in [3.8, 4) is 6.07 Å². The maximum absolute atomic E-state index is 13.2.